The number of halogens is 2. The van der Waals surface area contributed by atoms with Gasteiger partial charge in [-0.3, -0.25) is 0 Å². The van der Waals surface area contributed by atoms with Crippen LogP contribution < -0.4 is 5.32 Å². The molecule has 100 valence electrons. The summed E-state index contributed by atoms with van der Waals surface area (Å²) in [6, 6.07) is 4.07. The third-order valence-corrected chi connectivity index (χ3v) is 4.40. The molecule has 1 saturated carbocycles. The number of nitrogens with one attached hydrogen (secondary N) is 1. The molecule has 1 aromatic rings. The zero-order chi connectivity index (χ0) is 13.1. The first-order valence-electron chi connectivity index (χ1n) is 6.14. The zero-order valence-corrected chi connectivity index (χ0v) is 13.2. The molecule has 0 bridgehead atoms. The second kappa shape index (κ2) is 6.37. The van der Waals surface area contributed by atoms with E-state index in [9.17, 15) is 10.2 Å². The Morgan fingerprint density at radius 2 is 2.06 bits per heavy atom. The van der Waals surface area contributed by atoms with Gasteiger partial charge in [0.15, 0.2) is 0 Å². The summed E-state index contributed by atoms with van der Waals surface area (Å²) in [5.41, 5.74) is 0.858. The van der Waals surface area contributed by atoms with E-state index in [1.807, 2.05) is 12.1 Å². The van der Waals surface area contributed by atoms with Crippen molar-refractivity contribution in [2.75, 3.05) is 0 Å². The predicted octanol–water partition coefficient (Wildman–Crippen LogP) is 3.31. The normalized spacial score (nSPS) is 24.2. The van der Waals surface area contributed by atoms with Crippen LogP contribution in [0.3, 0.4) is 0 Å². The number of hydrogen-bond acceptors (Lipinski definition) is 3. The molecule has 1 aliphatic carbocycles. The minimum Gasteiger partial charge on any atom is -0.506 e. The number of benzene rings is 1. The first-order chi connectivity index (χ1) is 8.56. The Morgan fingerprint density at radius 1 is 1.28 bits per heavy atom. The van der Waals surface area contributed by atoms with Crippen LogP contribution in [0, 0.1) is 0 Å². The summed E-state index contributed by atoms with van der Waals surface area (Å²) in [5.74, 6) is 0.280. The van der Waals surface area contributed by atoms with Crippen LogP contribution in [0.15, 0.2) is 21.1 Å². The van der Waals surface area contributed by atoms with Gasteiger partial charge in [0.1, 0.15) is 5.75 Å². The van der Waals surface area contributed by atoms with Gasteiger partial charge in [-0.1, -0.05) is 15.9 Å². The summed E-state index contributed by atoms with van der Waals surface area (Å²) >= 11 is 6.74. The molecule has 2 rings (SSSR count). The van der Waals surface area contributed by atoms with E-state index in [1.165, 1.54) is 0 Å². The highest BCUT2D eigenvalue weighted by atomic mass is 79.9. The smallest absolute Gasteiger partial charge is 0.134 e. The lowest BCUT2D eigenvalue weighted by Crippen LogP contribution is -2.35. The van der Waals surface area contributed by atoms with Gasteiger partial charge in [0.25, 0.3) is 0 Å². The molecule has 0 spiro atoms. The maximum absolute atomic E-state index is 9.95. The summed E-state index contributed by atoms with van der Waals surface area (Å²) in [6.07, 6.45) is 3.68. The van der Waals surface area contributed by atoms with E-state index >= 15 is 0 Å². The maximum Gasteiger partial charge on any atom is 0.134 e. The fraction of sp³-hybridized carbons (Fsp3) is 0.538. The van der Waals surface area contributed by atoms with Crippen LogP contribution >= 0.6 is 31.9 Å². The SMILES string of the molecule is Oc1c(Br)cc(Br)cc1CN[C@H]1CCC[C@@H](O)C1. The molecule has 1 fully saturated rings. The molecule has 18 heavy (non-hydrogen) atoms. The quantitative estimate of drug-likeness (QED) is 0.756. The molecular weight excluding hydrogens is 362 g/mol. The second-order valence-electron chi connectivity index (χ2n) is 4.79. The number of aliphatic hydroxyl groups excluding tert-OH is 1. The van der Waals surface area contributed by atoms with E-state index < -0.39 is 0 Å². The lowest BCUT2D eigenvalue weighted by Gasteiger charge is -2.27. The first kappa shape index (κ1) is 14.3. The molecule has 0 aromatic heterocycles. The number of phenols is 1. The molecule has 3 N–H and O–H groups in total. The van der Waals surface area contributed by atoms with E-state index in [0.29, 0.717) is 17.1 Å². The number of aliphatic hydroxyl groups is 1. The van der Waals surface area contributed by atoms with E-state index in [4.69, 9.17) is 0 Å². The standard InChI is InChI=1S/C13H17Br2NO2/c14-9-4-8(13(18)12(15)5-9)7-16-10-2-1-3-11(17)6-10/h4-5,10-11,16-18H,1-3,6-7H2/t10-,11+/m0/s1. The Bertz CT molecular complexity index is 426. The van der Waals surface area contributed by atoms with Crippen LogP contribution in [-0.2, 0) is 6.54 Å². The van der Waals surface area contributed by atoms with Crippen molar-refractivity contribution in [3.63, 3.8) is 0 Å². The second-order valence-corrected chi connectivity index (χ2v) is 6.56. The van der Waals surface area contributed by atoms with Crippen LogP contribution in [0.5, 0.6) is 5.75 Å². The van der Waals surface area contributed by atoms with Crippen molar-refractivity contribution in [3.8, 4) is 5.75 Å². The Labute approximate surface area is 124 Å². The lowest BCUT2D eigenvalue weighted by atomic mass is 9.93. The molecule has 0 amide bonds. The van der Waals surface area contributed by atoms with E-state index in [2.05, 4.69) is 37.2 Å². The molecule has 1 aromatic carbocycles. The van der Waals surface area contributed by atoms with Gasteiger partial charge < -0.3 is 15.5 Å². The van der Waals surface area contributed by atoms with Crippen molar-refractivity contribution in [2.45, 2.75) is 44.4 Å². The summed E-state index contributed by atoms with van der Waals surface area (Å²) < 4.78 is 1.63. The summed E-state index contributed by atoms with van der Waals surface area (Å²) in [6.45, 7) is 0.612. The summed E-state index contributed by atoms with van der Waals surface area (Å²) in [4.78, 5) is 0. The Balaban J connectivity index is 1.97. The van der Waals surface area contributed by atoms with Gasteiger partial charge in [-0.15, -0.1) is 0 Å². The van der Waals surface area contributed by atoms with Crippen molar-refractivity contribution in [1.82, 2.24) is 5.32 Å². The number of phenolic OH excluding ortho intramolecular Hbond substituents is 1. The van der Waals surface area contributed by atoms with Gasteiger partial charge in [0.05, 0.1) is 10.6 Å². The highest BCUT2D eigenvalue weighted by Gasteiger charge is 2.20. The van der Waals surface area contributed by atoms with Crippen LogP contribution in [0.1, 0.15) is 31.2 Å². The molecule has 0 radical (unpaired) electrons. The van der Waals surface area contributed by atoms with Crippen LogP contribution in [0.2, 0.25) is 0 Å². The maximum atomic E-state index is 9.95. The Hall–Kier alpha value is -0.100. The minimum atomic E-state index is -0.181. The average molecular weight is 379 g/mol. The van der Waals surface area contributed by atoms with Crippen LogP contribution in [0.4, 0.5) is 0 Å². The van der Waals surface area contributed by atoms with Gasteiger partial charge in [-0.2, -0.15) is 0 Å². The topological polar surface area (TPSA) is 52.5 Å². The molecule has 1 aliphatic rings. The Kier molecular flexibility index (Phi) is 5.06. The third-order valence-electron chi connectivity index (χ3n) is 3.33. The third kappa shape index (κ3) is 3.70. The van der Waals surface area contributed by atoms with E-state index in [0.717, 1.165) is 35.7 Å². The molecule has 2 atom stereocenters. The van der Waals surface area contributed by atoms with Gasteiger partial charge in [0.2, 0.25) is 0 Å². The van der Waals surface area contributed by atoms with Gasteiger partial charge in [-0.05, 0) is 53.7 Å². The number of aromatic hydroxyl groups is 1. The lowest BCUT2D eigenvalue weighted by molar-refractivity contribution is 0.111. The first-order valence-corrected chi connectivity index (χ1v) is 7.73. The largest absolute Gasteiger partial charge is 0.506 e. The fourth-order valence-electron chi connectivity index (χ4n) is 2.36. The van der Waals surface area contributed by atoms with Crippen LogP contribution in [0.25, 0.3) is 0 Å². The highest BCUT2D eigenvalue weighted by molar-refractivity contribution is 9.11. The highest BCUT2D eigenvalue weighted by Crippen LogP contribution is 2.31. The van der Waals surface area contributed by atoms with Crippen molar-refractivity contribution in [2.24, 2.45) is 0 Å². The fourth-order valence-corrected chi connectivity index (χ4v) is 3.67. The van der Waals surface area contributed by atoms with Crippen molar-refractivity contribution in [1.29, 1.82) is 0 Å². The van der Waals surface area contributed by atoms with Crippen molar-refractivity contribution in [3.05, 3.63) is 26.6 Å². The molecule has 5 heteroatoms. The van der Waals surface area contributed by atoms with E-state index in [-0.39, 0.29) is 11.9 Å². The summed E-state index contributed by atoms with van der Waals surface area (Å²) in [5, 5.41) is 23.0. The van der Waals surface area contributed by atoms with Gasteiger partial charge in [-0.25, -0.2) is 0 Å². The molecule has 0 unspecified atom stereocenters. The average Bonchev–Trinajstić information content (AvgIpc) is 2.32. The molecule has 0 aliphatic heterocycles. The van der Waals surface area contributed by atoms with Crippen LogP contribution in [-0.4, -0.2) is 22.4 Å². The number of hydrogen-bond donors (Lipinski definition) is 3. The van der Waals surface area contributed by atoms with Crippen molar-refractivity contribution < 1.29 is 10.2 Å². The molecule has 3 nitrogen and oxygen atoms in total. The molecule has 0 heterocycles. The monoisotopic (exact) mass is 377 g/mol. The molecule has 0 saturated heterocycles. The Morgan fingerprint density at radius 3 is 2.78 bits per heavy atom. The molecular formula is C13H17Br2NO2. The van der Waals surface area contributed by atoms with Gasteiger partial charge in [0, 0.05) is 22.6 Å². The predicted molar refractivity (Wildman–Crippen MR) is 78.6 cm³/mol. The summed E-state index contributed by atoms with van der Waals surface area (Å²) in [7, 11) is 0. The van der Waals surface area contributed by atoms with Gasteiger partial charge >= 0.3 is 0 Å². The number of rotatable bonds is 3. The van der Waals surface area contributed by atoms with Crippen molar-refractivity contribution >= 4 is 31.9 Å². The zero-order valence-electron chi connectivity index (χ0n) is 10.00. The minimum absolute atomic E-state index is 0.181. The van der Waals surface area contributed by atoms with E-state index in [1.54, 1.807) is 0 Å².